The van der Waals surface area contributed by atoms with E-state index in [-0.39, 0.29) is 15.9 Å². The molecular formula is C10H5BrF2N2O3. The first-order valence-corrected chi connectivity index (χ1v) is 5.39. The van der Waals surface area contributed by atoms with Gasteiger partial charge in [0.25, 0.3) is 0 Å². The van der Waals surface area contributed by atoms with E-state index >= 15 is 0 Å². The number of carbonyl (C=O) groups excluding carboxylic acids is 1. The third-order valence-corrected chi connectivity index (χ3v) is 2.64. The van der Waals surface area contributed by atoms with E-state index < -0.39 is 23.5 Å². The van der Waals surface area contributed by atoms with Gasteiger partial charge in [-0.25, -0.2) is 13.6 Å². The zero-order valence-electron chi connectivity index (χ0n) is 8.91. The molecule has 0 radical (unpaired) electrons. The van der Waals surface area contributed by atoms with Crippen molar-refractivity contribution in [2.45, 2.75) is 0 Å². The maximum Gasteiger partial charge on any atom is 0.397 e. The molecular weight excluding hydrogens is 314 g/mol. The summed E-state index contributed by atoms with van der Waals surface area (Å²) in [4.78, 5) is 14.7. The maximum absolute atomic E-state index is 13.6. The number of nitrogens with zero attached hydrogens (tertiary/aromatic N) is 2. The molecule has 0 atom stereocenters. The first-order valence-electron chi connectivity index (χ1n) is 4.60. The van der Waals surface area contributed by atoms with E-state index in [1.165, 1.54) is 0 Å². The molecule has 0 spiro atoms. The van der Waals surface area contributed by atoms with Gasteiger partial charge in [0.2, 0.25) is 5.82 Å². The fourth-order valence-corrected chi connectivity index (χ4v) is 1.51. The minimum atomic E-state index is -0.855. The number of rotatable bonds is 2. The maximum atomic E-state index is 13.6. The van der Waals surface area contributed by atoms with E-state index in [1.54, 1.807) is 0 Å². The van der Waals surface area contributed by atoms with Crippen molar-refractivity contribution in [2.75, 3.05) is 7.11 Å². The summed E-state index contributed by atoms with van der Waals surface area (Å²) in [5.41, 5.74) is -0.213. The van der Waals surface area contributed by atoms with Crippen LogP contribution in [0.5, 0.6) is 0 Å². The van der Waals surface area contributed by atoms with E-state index in [0.717, 1.165) is 19.2 Å². The molecule has 0 unspecified atom stereocenters. The van der Waals surface area contributed by atoms with Gasteiger partial charge in [-0.15, -0.1) is 0 Å². The number of aromatic nitrogens is 2. The van der Waals surface area contributed by atoms with Crippen LogP contribution >= 0.6 is 15.9 Å². The van der Waals surface area contributed by atoms with Crippen LogP contribution < -0.4 is 0 Å². The molecule has 0 aliphatic rings. The van der Waals surface area contributed by atoms with Gasteiger partial charge in [0, 0.05) is 0 Å². The van der Waals surface area contributed by atoms with Crippen LogP contribution in [0.2, 0.25) is 0 Å². The fourth-order valence-electron chi connectivity index (χ4n) is 1.20. The van der Waals surface area contributed by atoms with Crippen molar-refractivity contribution in [3.63, 3.8) is 0 Å². The van der Waals surface area contributed by atoms with Crippen molar-refractivity contribution in [1.29, 1.82) is 0 Å². The average Bonchev–Trinajstić information content (AvgIpc) is 2.82. The number of ether oxygens (including phenoxy) is 1. The van der Waals surface area contributed by atoms with Crippen molar-refractivity contribution in [3.8, 4) is 11.4 Å². The monoisotopic (exact) mass is 318 g/mol. The minimum Gasteiger partial charge on any atom is -0.462 e. The summed E-state index contributed by atoms with van der Waals surface area (Å²) in [7, 11) is 1.13. The summed E-state index contributed by atoms with van der Waals surface area (Å²) >= 11 is 2.84. The van der Waals surface area contributed by atoms with Crippen LogP contribution in [0.4, 0.5) is 8.78 Å². The van der Waals surface area contributed by atoms with Crippen LogP contribution in [0.1, 0.15) is 10.7 Å². The number of hydrogen-bond donors (Lipinski definition) is 0. The minimum absolute atomic E-state index is 0.0274. The second kappa shape index (κ2) is 4.81. The summed E-state index contributed by atoms with van der Waals surface area (Å²) in [6.07, 6.45) is 0. The number of hydrogen-bond acceptors (Lipinski definition) is 5. The van der Waals surface area contributed by atoms with Gasteiger partial charge in [-0.2, -0.15) is 4.98 Å². The number of methoxy groups -OCH3 is 1. The lowest BCUT2D eigenvalue weighted by molar-refractivity contribution is 0.0545. The highest BCUT2D eigenvalue weighted by atomic mass is 79.9. The smallest absolute Gasteiger partial charge is 0.397 e. The lowest BCUT2D eigenvalue weighted by atomic mass is 10.2. The molecule has 8 heteroatoms. The van der Waals surface area contributed by atoms with Crippen LogP contribution in [-0.4, -0.2) is 23.2 Å². The molecule has 18 heavy (non-hydrogen) atoms. The largest absolute Gasteiger partial charge is 0.462 e. The number of esters is 1. The van der Waals surface area contributed by atoms with E-state index in [1.807, 2.05) is 0 Å². The van der Waals surface area contributed by atoms with Crippen molar-refractivity contribution in [1.82, 2.24) is 10.1 Å². The molecule has 1 aromatic carbocycles. The molecule has 0 amide bonds. The van der Waals surface area contributed by atoms with Gasteiger partial charge in [0.1, 0.15) is 11.6 Å². The van der Waals surface area contributed by atoms with E-state index in [2.05, 4.69) is 35.3 Å². The highest BCUT2D eigenvalue weighted by Crippen LogP contribution is 2.26. The van der Waals surface area contributed by atoms with Crippen LogP contribution in [-0.2, 0) is 4.74 Å². The van der Waals surface area contributed by atoms with E-state index in [4.69, 9.17) is 0 Å². The topological polar surface area (TPSA) is 65.2 Å². The summed E-state index contributed by atoms with van der Waals surface area (Å²) in [5.74, 6) is -2.96. The molecule has 0 aliphatic heterocycles. The third kappa shape index (κ3) is 2.23. The highest BCUT2D eigenvalue weighted by molar-refractivity contribution is 9.10. The van der Waals surface area contributed by atoms with E-state index in [9.17, 15) is 13.6 Å². The predicted molar refractivity (Wildman–Crippen MR) is 58.7 cm³/mol. The molecule has 0 aliphatic carbocycles. The van der Waals surface area contributed by atoms with Crippen LogP contribution in [0.25, 0.3) is 11.4 Å². The number of carbonyl (C=O) groups is 1. The molecule has 0 bridgehead atoms. The van der Waals surface area contributed by atoms with Crippen molar-refractivity contribution in [2.24, 2.45) is 0 Å². The molecule has 0 saturated heterocycles. The molecule has 0 N–H and O–H groups in total. The average molecular weight is 319 g/mol. The Labute approximate surface area is 108 Å². The summed E-state index contributed by atoms with van der Waals surface area (Å²) < 4.78 is 35.7. The Morgan fingerprint density at radius 2 is 2.11 bits per heavy atom. The molecule has 0 fully saturated rings. The standard InChI is InChI=1S/C10H5BrF2N2O3/c1-17-10(16)9-14-8(15-18-9)4-2-7(13)5(11)3-6(4)12/h2-3H,1H3. The van der Waals surface area contributed by atoms with Crippen molar-refractivity contribution >= 4 is 21.9 Å². The quantitative estimate of drug-likeness (QED) is 0.629. The fraction of sp³-hybridized carbons (Fsp3) is 0.100. The van der Waals surface area contributed by atoms with Crippen molar-refractivity contribution < 1.29 is 22.8 Å². The van der Waals surface area contributed by atoms with Crippen LogP contribution in [0, 0.1) is 11.6 Å². The molecule has 0 saturated carbocycles. The zero-order valence-corrected chi connectivity index (χ0v) is 10.5. The Morgan fingerprint density at radius 3 is 2.78 bits per heavy atom. The van der Waals surface area contributed by atoms with Gasteiger partial charge in [0.15, 0.2) is 0 Å². The SMILES string of the molecule is COC(=O)c1nc(-c2cc(F)c(Br)cc2F)no1. The first-order chi connectivity index (χ1) is 8.52. The van der Waals surface area contributed by atoms with Gasteiger partial charge in [-0.1, -0.05) is 5.16 Å². The Balaban J connectivity index is 2.46. The van der Waals surface area contributed by atoms with Crippen LogP contribution in [0.15, 0.2) is 21.1 Å². The summed E-state index contributed by atoms with van der Waals surface area (Å²) in [6.45, 7) is 0. The van der Waals surface area contributed by atoms with Crippen LogP contribution in [0.3, 0.4) is 0 Å². The Kier molecular flexibility index (Phi) is 3.37. The molecule has 5 nitrogen and oxygen atoms in total. The molecule has 94 valence electrons. The lowest BCUT2D eigenvalue weighted by Gasteiger charge is -1.99. The molecule has 1 heterocycles. The summed E-state index contributed by atoms with van der Waals surface area (Å²) in [5, 5.41) is 3.38. The van der Waals surface area contributed by atoms with Gasteiger partial charge in [0.05, 0.1) is 17.1 Å². The Morgan fingerprint density at radius 1 is 1.39 bits per heavy atom. The van der Waals surface area contributed by atoms with Gasteiger partial charge in [-0.05, 0) is 28.1 Å². The first kappa shape index (κ1) is 12.6. The van der Waals surface area contributed by atoms with Gasteiger partial charge in [-0.3, -0.25) is 0 Å². The van der Waals surface area contributed by atoms with Gasteiger partial charge < -0.3 is 9.26 Å². The number of benzene rings is 1. The third-order valence-electron chi connectivity index (χ3n) is 2.04. The summed E-state index contributed by atoms with van der Waals surface area (Å²) in [6, 6.07) is 1.82. The lowest BCUT2D eigenvalue weighted by Crippen LogP contribution is -2.01. The zero-order chi connectivity index (χ0) is 13.3. The van der Waals surface area contributed by atoms with Gasteiger partial charge >= 0.3 is 11.9 Å². The highest BCUT2D eigenvalue weighted by Gasteiger charge is 2.19. The molecule has 2 aromatic rings. The Bertz CT molecular complexity index is 615. The van der Waals surface area contributed by atoms with E-state index in [0.29, 0.717) is 0 Å². The molecule has 2 rings (SSSR count). The second-order valence-corrected chi connectivity index (χ2v) is 4.02. The molecule has 1 aromatic heterocycles. The second-order valence-electron chi connectivity index (χ2n) is 3.16. The number of halogens is 3. The Hall–Kier alpha value is -1.83. The normalized spacial score (nSPS) is 10.4. The predicted octanol–water partition coefficient (Wildman–Crippen LogP) is 2.56. The van der Waals surface area contributed by atoms with Crippen molar-refractivity contribution in [3.05, 3.63) is 34.1 Å².